The summed E-state index contributed by atoms with van der Waals surface area (Å²) < 4.78 is 11.0. The second kappa shape index (κ2) is 6.34. The third-order valence-corrected chi connectivity index (χ3v) is 3.46. The largest absolute Gasteiger partial charge is 0.479 e. The molecule has 0 saturated heterocycles. The van der Waals surface area contributed by atoms with Crippen molar-refractivity contribution in [3.05, 3.63) is 58.7 Å². The fourth-order valence-corrected chi connectivity index (χ4v) is 2.28. The summed E-state index contributed by atoms with van der Waals surface area (Å²) in [6.07, 6.45) is 2.89. The fraction of sp³-hybridized carbons (Fsp3) is 0.133. The van der Waals surface area contributed by atoms with E-state index in [1.165, 1.54) is 0 Å². The van der Waals surface area contributed by atoms with Crippen LogP contribution in [0.3, 0.4) is 0 Å². The molecule has 2 heterocycles. The molecule has 3 rings (SSSR count). The van der Waals surface area contributed by atoms with Crippen LogP contribution >= 0.6 is 23.2 Å². The average molecular weight is 336 g/mol. The van der Waals surface area contributed by atoms with Crippen LogP contribution in [0.4, 0.5) is 0 Å². The molecular formula is C15H11Cl2N3O2. The van der Waals surface area contributed by atoms with E-state index in [0.29, 0.717) is 27.5 Å². The highest BCUT2D eigenvalue weighted by Gasteiger charge is 2.18. The van der Waals surface area contributed by atoms with Gasteiger partial charge in [-0.2, -0.15) is 4.98 Å². The van der Waals surface area contributed by atoms with Crippen molar-refractivity contribution < 1.29 is 9.26 Å². The topological polar surface area (TPSA) is 61.0 Å². The molecule has 0 spiro atoms. The third kappa shape index (κ3) is 3.21. The SMILES string of the molecule is CC(Oc1ccc(Cl)cc1Cl)c1nc(-c2ccncc2)no1. The summed E-state index contributed by atoms with van der Waals surface area (Å²) >= 11 is 11.9. The van der Waals surface area contributed by atoms with Gasteiger partial charge in [0.15, 0.2) is 6.10 Å². The first-order chi connectivity index (χ1) is 10.6. The van der Waals surface area contributed by atoms with Gasteiger partial charge in [0, 0.05) is 23.0 Å². The summed E-state index contributed by atoms with van der Waals surface area (Å²) in [7, 11) is 0. The van der Waals surface area contributed by atoms with Crippen LogP contribution in [-0.4, -0.2) is 15.1 Å². The molecule has 0 aliphatic rings. The van der Waals surface area contributed by atoms with Crippen molar-refractivity contribution in [3.63, 3.8) is 0 Å². The Hall–Kier alpha value is -2.11. The summed E-state index contributed by atoms with van der Waals surface area (Å²) in [6.45, 7) is 1.80. The molecule has 0 amide bonds. The van der Waals surface area contributed by atoms with E-state index in [1.54, 1.807) is 49.6 Å². The van der Waals surface area contributed by atoms with Crippen LogP contribution < -0.4 is 4.74 Å². The zero-order chi connectivity index (χ0) is 15.5. The summed E-state index contributed by atoms with van der Waals surface area (Å²) in [4.78, 5) is 8.27. The van der Waals surface area contributed by atoms with Crippen LogP contribution in [0.5, 0.6) is 5.75 Å². The number of pyridine rings is 1. The van der Waals surface area contributed by atoms with Crippen molar-refractivity contribution in [2.75, 3.05) is 0 Å². The van der Waals surface area contributed by atoms with Crippen molar-refractivity contribution in [3.8, 4) is 17.1 Å². The molecule has 0 bridgehead atoms. The quantitative estimate of drug-likeness (QED) is 0.698. The molecule has 22 heavy (non-hydrogen) atoms. The van der Waals surface area contributed by atoms with Crippen molar-refractivity contribution in [1.82, 2.24) is 15.1 Å². The molecule has 1 atom stereocenters. The van der Waals surface area contributed by atoms with E-state index in [1.807, 2.05) is 0 Å². The lowest BCUT2D eigenvalue weighted by Crippen LogP contribution is -2.03. The van der Waals surface area contributed by atoms with E-state index in [9.17, 15) is 0 Å². The lowest BCUT2D eigenvalue weighted by atomic mass is 10.2. The van der Waals surface area contributed by atoms with Crippen LogP contribution in [0, 0.1) is 0 Å². The second-order valence-corrected chi connectivity index (χ2v) is 5.37. The smallest absolute Gasteiger partial charge is 0.267 e. The second-order valence-electron chi connectivity index (χ2n) is 4.53. The summed E-state index contributed by atoms with van der Waals surface area (Å²) in [6, 6.07) is 8.61. The van der Waals surface area contributed by atoms with Crippen LogP contribution in [0.1, 0.15) is 18.9 Å². The van der Waals surface area contributed by atoms with Gasteiger partial charge in [0.25, 0.3) is 5.89 Å². The van der Waals surface area contributed by atoms with Gasteiger partial charge in [-0.25, -0.2) is 0 Å². The molecule has 5 nitrogen and oxygen atoms in total. The van der Waals surface area contributed by atoms with Crippen molar-refractivity contribution in [1.29, 1.82) is 0 Å². The Morgan fingerprint density at radius 2 is 1.91 bits per heavy atom. The van der Waals surface area contributed by atoms with Gasteiger partial charge in [-0.15, -0.1) is 0 Å². The molecule has 0 N–H and O–H groups in total. The number of hydrogen-bond acceptors (Lipinski definition) is 5. The van der Waals surface area contributed by atoms with E-state index in [0.717, 1.165) is 5.56 Å². The number of hydrogen-bond donors (Lipinski definition) is 0. The zero-order valence-electron chi connectivity index (χ0n) is 11.5. The Morgan fingerprint density at radius 1 is 1.14 bits per heavy atom. The number of halogens is 2. The predicted molar refractivity (Wildman–Crippen MR) is 83.0 cm³/mol. The number of nitrogens with zero attached hydrogens (tertiary/aromatic N) is 3. The minimum absolute atomic E-state index is 0.359. The molecule has 0 radical (unpaired) electrons. The van der Waals surface area contributed by atoms with Gasteiger partial charge < -0.3 is 9.26 Å². The predicted octanol–water partition coefficient (Wildman–Crippen LogP) is 4.58. The van der Waals surface area contributed by atoms with Crippen molar-refractivity contribution in [2.24, 2.45) is 0 Å². The van der Waals surface area contributed by atoms with E-state index in [4.69, 9.17) is 32.5 Å². The highest BCUT2D eigenvalue weighted by Crippen LogP contribution is 2.31. The molecule has 0 fully saturated rings. The van der Waals surface area contributed by atoms with Gasteiger partial charge in [0.05, 0.1) is 5.02 Å². The van der Waals surface area contributed by atoms with Crippen molar-refractivity contribution in [2.45, 2.75) is 13.0 Å². The van der Waals surface area contributed by atoms with Gasteiger partial charge in [-0.05, 0) is 37.3 Å². The number of aromatic nitrogens is 3. The van der Waals surface area contributed by atoms with E-state index in [-0.39, 0.29) is 0 Å². The lowest BCUT2D eigenvalue weighted by molar-refractivity contribution is 0.176. The number of ether oxygens (including phenoxy) is 1. The maximum atomic E-state index is 6.08. The van der Waals surface area contributed by atoms with Gasteiger partial charge in [0.1, 0.15) is 5.75 Å². The van der Waals surface area contributed by atoms with E-state index >= 15 is 0 Å². The third-order valence-electron chi connectivity index (χ3n) is 2.93. The highest BCUT2D eigenvalue weighted by atomic mass is 35.5. The lowest BCUT2D eigenvalue weighted by Gasteiger charge is -2.12. The van der Waals surface area contributed by atoms with E-state index < -0.39 is 6.10 Å². The number of rotatable bonds is 4. The maximum absolute atomic E-state index is 6.08. The first-order valence-electron chi connectivity index (χ1n) is 6.49. The van der Waals surface area contributed by atoms with E-state index in [2.05, 4.69) is 15.1 Å². The molecular weight excluding hydrogens is 325 g/mol. The number of benzene rings is 1. The first kappa shape index (κ1) is 14.8. The highest BCUT2D eigenvalue weighted by molar-refractivity contribution is 6.35. The van der Waals surface area contributed by atoms with Crippen LogP contribution in [0.15, 0.2) is 47.2 Å². The molecule has 1 aromatic carbocycles. The Labute approximate surface area is 136 Å². The normalized spacial score (nSPS) is 12.1. The summed E-state index contributed by atoms with van der Waals surface area (Å²) in [5.41, 5.74) is 0.821. The zero-order valence-corrected chi connectivity index (χ0v) is 13.0. The summed E-state index contributed by atoms with van der Waals surface area (Å²) in [5, 5.41) is 4.91. The standard InChI is InChI=1S/C15H11Cl2N3O2/c1-9(21-13-3-2-11(16)8-12(13)17)15-19-14(20-22-15)10-4-6-18-7-5-10/h2-9H,1H3. The molecule has 0 saturated carbocycles. The Kier molecular flexibility index (Phi) is 4.27. The molecule has 1 unspecified atom stereocenters. The average Bonchev–Trinajstić information content (AvgIpc) is 3.01. The Morgan fingerprint density at radius 3 is 2.64 bits per heavy atom. The van der Waals surface area contributed by atoms with Crippen molar-refractivity contribution >= 4 is 23.2 Å². The minimum atomic E-state index is -0.443. The maximum Gasteiger partial charge on any atom is 0.267 e. The molecule has 3 aromatic rings. The Bertz CT molecular complexity index is 777. The van der Waals surface area contributed by atoms with Crippen LogP contribution in [0.25, 0.3) is 11.4 Å². The molecule has 0 aliphatic heterocycles. The molecule has 7 heteroatoms. The van der Waals surface area contributed by atoms with Crippen LogP contribution in [0.2, 0.25) is 10.0 Å². The molecule has 2 aromatic heterocycles. The molecule has 0 aliphatic carbocycles. The first-order valence-corrected chi connectivity index (χ1v) is 7.25. The monoisotopic (exact) mass is 335 g/mol. The molecule has 112 valence electrons. The summed E-state index contributed by atoms with van der Waals surface area (Å²) in [5.74, 6) is 1.34. The minimum Gasteiger partial charge on any atom is -0.479 e. The fourth-order valence-electron chi connectivity index (χ4n) is 1.83. The van der Waals surface area contributed by atoms with Gasteiger partial charge in [-0.3, -0.25) is 4.98 Å². The van der Waals surface area contributed by atoms with Gasteiger partial charge >= 0.3 is 0 Å². The Balaban J connectivity index is 1.78. The van der Waals surface area contributed by atoms with Crippen LogP contribution in [-0.2, 0) is 0 Å². The van der Waals surface area contributed by atoms with Gasteiger partial charge in [-0.1, -0.05) is 28.4 Å². The van der Waals surface area contributed by atoms with Gasteiger partial charge in [0.2, 0.25) is 5.82 Å².